The molecule has 2 aromatic carbocycles. The predicted molar refractivity (Wildman–Crippen MR) is 310 cm³/mol. The Morgan fingerprint density at radius 1 is 0.835 bits per heavy atom. The molecule has 1 fully saturated rings. The van der Waals surface area contributed by atoms with Crippen molar-refractivity contribution in [3.63, 3.8) is 0 Å². The van der Waals surface area contributed by atoms with Crippen LogP contribution < -0.4 is 21.3 Å². The number of ether oxygens (including phenoxy) is 4. The molecule has 0 radical (unpaired) electrons. The molecule has 0 aromatic heterocycles. The summed E-state index contributed by atoms with van der Waals surface area (Å²) in [7, 11) is -4.40. The molecule has 1 saturated heterocycles. The minimum absolute atomic E-state index is 0.00121. The largest absolute Gasteiger partial charge is 0.379 e. The molecule has 18 nitrogen and oxygen atoms in total. The highest BCUT2D eigenvalue weighted by Crippen LogP contribution is 2.48. The number of nitrogens with two attached hydrogens (primary N) is 1. The zero-order chi connectivity index (χ0) is 57.6. The number of hydrogen-bond donors (Lipinski definition) is 4. The minimum atomic E-state index is -4.40. The normalized spacial score (nSPS) is 17.7. The average Bonchev–Trinajstić information content (AvgIpc) is 4.25. The Labute approximate surface area is 473 Å². The summed E-state index contributed by atoms with van der Waals surface area (Å²) in [6.07, 6.45) is 15.2. The molecule has 0 spiro atoms. The number of primary amides is 1. The third-order valence-electron chi connectivity index (χ3n) is 14.6. The van der Waals surface area contributed by atoms with E-state index in [1.807, 2.05) is 12.2 Å². The van der Waals surface area contributed by atoms with Gasteiger partial charge in [-0.15, -0.1) is 0 Å². The number of carbonyl (C=O) groups is 5. The van der Waals surface area contributed by atoms with Crippen molar-refractivity contribution in [2.45, 2.75) is 121 Å². The molecule has 3 aliphatic heterocycles. The Morgan fingerprint density at radius 2 is 1.56 bits per heavy atom. The maximum absolute atomic E-state index is 12.9. The number of anilines is 1. The van der Waals surface area contributed by atoms with E-state index >= 15 is 0 Å². The molecule has 2 aromatic rings. The van der Waals surface area contributed by atoms with E-state index in [1.165, 1.54) is 28.6 Å². The van der Waals surface area contributed by atoms with Gasteiger partial charge in [-0.1, -0.05) is 49.8 Å². The van der Waals surface area contributed by atoms with Crippen molar-refractivity contribution in [1.82, 2.24) is 15.5 Å². The van der Waals surface area contributed by atoms with Gasteiger partial charge in [0, 0.05) is 111 Å². The van der Waals surface area contributed by atoms with Crippen LogP contribution >= 0.6 is 11.8 Å². The standard InChI is InChI=1S/C59H86N6O12S2/c1-8-64-51-22-20-43(2)36-49(51)58(4,5)53(64)17-11-9-12-18-54-59(6,7)50-38-48(79(71,72)73)21-23-52(50)65(54)27-14-10-13-19-55(68)61-25-29-63-28-24-47(39-63)78-42-45(57(60)70)37-46(67)40-76-34-33-75-31-26-62-56(69)41-77-35-32-74-30-15-16-44(3)66/h9,11-12,17-18,20-23,36,38,45,47H,8,10,13-16,19,24-35,37,39-42H2,1-7H3,(H4-,60,61,62,68,69,70,71,72,73)/p+1/t45-,47?/m1/s1. The lowest BCUT2D eigenvalue weighted by molar-refractivity contribution is -0.438. The smallest absolute Gasteiger partial charge is 0.294 e. The first-order valence-corrected chi connectivity index (χ1v) is 30.3. The fourth-order valence-corrected chi connectivity index (χ4v) is 12.1. The van der Waals surface area contributed by atoms with Crippen molar-refractivity contribution in [3.8, 4) is 0 Å². The topological polar surface area (TPSA) is 236 Å². The summed E-state index contributed by atoms with van der Waals surface area (Å²) in [5, 5.41) is 6.04. The van der Waals surface area contributed by atoms with E-state index in [4.69, 9.17) is 24.7 Å². The monoisotopic (exact) mass is 1140 g/mol. The fourth-order valence-electron chi connectivity index (χ4n) is 10.2. The van der Waals surface area contributed by atoms with Gasteiger partial charge in [0.05, 0.1) is 49.3 Å². The van der Waals surface area contributed by atoms with Crippen LogP contribution in [0, 0.1) is 12.8 Å². The summed E-state index contributed by atoms with van der Waals surface area (Å²) >= 11 is 1.64. The molecule has 0 aliphatic carbocycles. The molecule has 3 amide bonds. The molecule has 5 rings (SSSR count). The average molecular weight is 1140 g/mol. The third kappa shape index (κ3) is 20.2. The van der Waals surface area contributed by atoms with Crippen molar-refractivity contribution in [2.75, 3.05) is 109 Å². The van der Waals surface area contributed by atoms with Gasteiger partial charge >= 0.3 is 0 Å². The maximum Gasteiger partial charge on any atom is 0.294 e. The molecule has 79 heavy (non-hydrogen) atoms. The van der Waals surface area contributed by atoms with Crippen molar-refractivity contribution in [1.29, 1.82) is 0 Å². The predicted octanol–water partition coefficient (Wildman–Crippen LogP) is 6.53. The van der Waals surface area contributed by atoms with Crippen molar-refractivity contribution in [3.05, 3.63) is 89.2 Å². The highest BCUT2D eigenvalue weighted by atomic mass is 32.2. The van der Waals surface area contributed by atoms with Crippen LogP contribution in [0.4, 0.5) is 11.4 Å². The second kappa shape index (κ2) is 31.8. The van der Waals surface area contributed by atoms with E-state index in [2.05, 4.69) is 103 Å². The highest BCUT2D eigenvalue weighted by molar-refractivity contribution is 8.00. The van der Waals surface area contributed by atoms with Gasteiger partial charge in [0.15, 0.2) is 11.5 Å². The molecular weight excluding hydrogens is 1050 g/mol. The van der Waals surface area contributed by atoms with Crippen molar-refractivity contribution >= 4 is 68.3 Å². The molecule has 436 valence electrons. The third-order valence-corrected chi connectivity index (χ3v) is 16.9. The molecular formula is C59H87N6O12S2+. The lowest BCUT2D eigenvalue weighted by atomic mass is 9.81. The van der Waals surface area contributed by atoms with Crippen molar-refractivity contribution < 1.29 is 60.5 Å². The molecule has 3 heterocycles. The number of nitrogens with one attached hydrogen (secondary N) is 2. The number of nitrogens with zero attached hydrogens (tertiary/aromatic N) is 3. The van der Waals surface area contributed by atoms with E-state index in [0.29, 0.717) is 64.3 Å². The lowest BCUT2D eigenvalue weighted by Crippen LogP contribution is -2.34. The first kappa shape index (κ1) is 64.8. The van der Waals surface area contributed by atoms with Gasteiger partial charge in [0.25, 0.3) is 10.1 Å². The number of likely N-dealkylation sites (tertiary alicyclic amines) is 1. The van der Waals surface area contributed by atoms with E-state index in [-0.39, 0.29) is 91.5 Å². The van der Waals surface area contributed by atoms with Crippen LogP contribution in [-0.2, 0) is 63.9 Å². The molecule has 0 bridgehead atoms. The van der Waals surface area contributed by atoms with Crippen LogP contribution in [0.5, 0.6) is 0 Å². The second-order valence-corrected chi connectivity index (χ2v) is 24.3. The van der Waals surface area contributed by atoms with E-state index < -0.39 is 27.4 Å². The number of allylic oxidation sites excluding steroid dienone is 6. The summed E-state index contributed by atoms with van der Waals surface area (Å²) < 4.78 is 58.1. The van der Waals surface area contributed by atoms with Gasteiger partial charge in [0.2, 0.25) is 23.4 Å². The summed E-state index contributed by atoms with van der Waals surface area (Å²) in [6, 6.07) is 11.4. The number of amides is 3. The molecule has 0 saturated carbocycles. The summed E-state index contributed by atoms with van der Waals surface area (Å²) in [4.78, 5) is 65.2. The Hall–Kier alpha value is -5.06. The first-order chi connectivity index (χ1) is 37.6. The van der Waals surface area contributed by atoms with Crippen LogP contribution in [0.3, 0.4) is 0 Å². The molecule has 2 atom stereocenters. The number of unbranched alkanes of at least 4 members (excludes halogenated alkanes) is 2. The highest BCUT2D eigenvalue weighted by Gasteiger charge is 2.45. The summed E-state index contributed by atoms with van der Waals surface area (Å²) in [6.45, 7) is 20.7. The molecule has 1 unspecified atom stereocenters. The number of thioether (sulfide) groups is 1. The van der Waals surface area contributed by atoms with Gasteiger partial charge in [-0.25, -0.2) is 0 Å². The Bertz CT molecular complexity index is 2650. The van der Waals surface area contributed by atoms with Crippen LogP contribution in [0.1, 0.15) is 110 Å². The summed E-state index contributed by atoms with van der Waals surface area (Å²) in [5.74, 6) is -1.07. The fraction of sp³-hybridized carbons (Fsp3) is 0.593. The Morgan fingerprint density at radius 3 is 2.28 bits per heavy atom. The van der Waals surface area contributed by atoms with E-state index in [9.17, 15) is 36.9 Å². The number of fused-ring (bicyclic) bond motifs is 2. The molecule has 3 aliphatic rings. The number of aryl methyl sites for hydroxylation is 1. The van der Waals surface area contributed by atoms with E-state index in [1.54, 1.807) is 30.8 Å². The van der Waals surface area contributed by atoms with E-state index in [0.717, 1.165) is 55.9 Å². The molecule has 20 heteroatoms. The van der Waals surface area contributed by atoms with Crippen LogP contribution in [-0.4, -0.2) is 167 Å². The number of ketones is 2. The quantitative estimate of drug-likeness (QED) is 0.0244. The summed E-state index contributed by atoms with van der Waals surface area (Å²) in [5.41, 5.74) is 12.7. The zero-order valence-corrected chi connectivity index (χ0v) is 49.3. The van der Waals surface area contributed by atoms with Crippen molar-refractivity contribution in [2.24, 2.45) is 11.7 Å². The molecule has 5 N–H and O–H groups in total. The van der Waals surface area contributed by atoms with Gasteiger partial charge in [-0.3, -0.25) is 23.7 Å². The van der Waals surface area contributed by atoms with Crippen LogP contribution in [0.2, 0.25) is 0 Å². The van der Waals surface area contributed by atoms with Gasteiger partial charge < -0.3 is 49.9 Å². The minimum Gasteiger partial charge on any atom is -0.379 e. The number of carbonyl (C=O) groups excluding carboxylic acids is 5. The Kier molecular flexibility index (Phi) is 26.1. The van der Waals surface area contributed by atoms with Gasteiger partial charge in [-0.05, 0) is 96.7 Å². The van der Waals surface area contributed by atoms with Gasteiger partial charge in [0.1, 0.15) is 25.5 Å². The number of rotatable bonds is 37. The lowest BCUT2D eigenvalue weighted by Gasteiger charge is -2.25. The number of benzene rings is 2. The second-order valence-electron chi connectivity index (χ2n) is 21.5. The number of likely N-dealkylation sites (N-methyl/N-ethyl adjacent to an activating group) is 1. The number of Topliss-reactive ketones (excluding diaryl/α,β-unsaturated/α-hetero) is 2. The van der Waals surface area contributed by atoms with Crippen LogP contribution in [0.15, 0.2) is 77.4 Å². The maximum atomic E-state index is 12.9. The van der Waals surface area contributed by atoms with Gasteiger partial charge in [-0.2, -0.15) is 24.8 Å². The first-order valence-electron chi connectivity index (χ1n) is 27.8. The Balaban J connectivity index is 0.964. The number of hydrogen-bond acceptors (Lipinski definition) is 14. The van der Waals surface area contributed by atoms with Crippen LogP contribution in [0.25, 0.3) is 0 Å². The zero-order valence-electron chi connectivity index (χ0n) is 47.6. The SMILES string of the molecule is CCN1C(=CC=CC=CC2=[N+](CCCCCC(=O)NCCN3CCC(SC[C@@H](CC(=O)COCCOCCNC(=O)COCCOCCCC(C)=O)C(N)=O)C3)c3ccc(S(=O)(=O)O)cc3C2(C)C)C(C)(C)c2cc(C)ccc21.